The van der Waals surface area contributed by atoms with Gasteiger partial charge in [0.05, 0.1) is 0 Å². The predicted octanol–water partition coefficient (Wildman–Crippen LogP) is 2.59. The van der Waals surface area contributed by atoms with Crippen molar-refractivity contribution in [3.05, 3.63) is 48.2 Å². The van der Waals surface area contributed by atoms with Crippen LogP contribution in [-0.2, 0) is 6.54 Å². The van der Waals surface area contributed by atoms with E-state index in [1.165, 1.54) is 0 Å². The van der Waals surface area contributed by atoms with Gasteiger partial charge < -0.3 is 15.4 Å². The molecule has 1 fully saturated rings. The van der Waals surface area contributed by atoms with Crippen molar-refractivity contribution in [3.8, 4) is 5.75 Å². The summed E-state index contributed by atoms with van der Waals surface area (Å²) in [6.07, 6.45) is 1.72. The number of alkyl halides is 2. The van der Waals surface area contributed by atoms with Crippen LogP contribution in [0.5, 0.6) is 5.75 Å². The van der Waals surface area contributed by atoms with E-state index in [0.717, 1.165) is 44.0 Å². The number of anilines is 2. The molecule has 128 valence electrons. The fourth-order valence-electron chi connectivity index (χ4n) is 2.87. The second-order valence-electron chi connectivity index (χ2n) is 5.73. The fourth-order valence-corrected chi connectivity index (χ4v) is 2.87. The summed E-state index contributed by atoms with van der Waals surface area (Å²) in [6.45, 7) is 1.47. The lowest BCUT2D eigenvalue weighted by Crippen LogP contribution is -2.45. The topological polar surface area (TPSA) is 54.6 Å². The minimum atomic E-state index is -2.80. The van der Waals surface area contributed by atoms with Crippen LogP contribution in [0.1, 0.15) is 5.56 Å². The van der Waals surface area contributed by atoms with Crippen LogP contribution in [-0.4, -0.2) is 42.7 Å². The van der Waals surface area contributed by atoms with Gasteiger partial charge in [0.2, 0.25) is 0 Å². The molecule has 2 heterocycles. The van der Waals surface area contributed by atoms with Crippen LogP contribution in [0.2, 0.25) is 0 Å². The molecule has 0 atom stereocenters. The number of pyridine rings is 1. The summed E-state index contributed by atoms with van der Waals surface area (Å²) in [4.78, 5) is 8.51. The Labute approximate surface area is 139 Å². The second-order valence-corrected chi connectivity index (χ2v) is 5.73. The van der Waals surface area contributed by atoms with E-state index in [-0.39, 0.29) is 5.75 Å². The zero-order valence-electron chi connectivity index (χ0n) is 13.2. The number of nitrogen functional groups attached to an aromatic ring is 1. The summed E-state index contributed by atoms with van der Waals surface area (Å²) in [7, 11) is 0. The van der Waals surface area contributed by atoms with Gasteiger partial charge in [-0.2, -0.15) is 8.78 Å². The van der Waals surface area contributed by atoms with E-state index < -0.39 is 6.61 Å². The monoisotopic (exact) mass is 334 g/mol. The molecule has 2 aromatic rings. The van der Waals surface area contributed by atoms with E-state index in [1.54, 1.807) is 24.4 Å². The molecule has 0 spiro atoms. The van der Waals surface area contributed by atoms with Crippen molar-refractivity contribution >= 4 is 11.5 Å². The highest BCUT2D eigenvalue weighted by atomic mass is 19.3. The number of hydrogen-bond acceptors (Lipinski definition) is 5. The van der Waals surface area contributed by atoms with Crippen molar-refractivity contribution in [2.75, 3.05) is 36.8 Å². The van der Waals surface area contributed by atoms with Crippen molar-refractivity contribution in [3.63, 3.8) is 0 Å². The van der Waals surface area contributed by atoms with Gasteiger partial charge in [0, 0.05) is 50.7 Å². The molecule has 2 N–H and O–H groups in total. The Balaban J connectivity index is 1.57. The number of benzene rings is 1. The first-order valence-electron chi connectivity index (χ1n) is 7.83. The lowest BCUT2D eigenvalue weighted by Gasteiger charge is -2.36. The summed E-state index contributed by atoms with van der Waals surface area (Å²) < 4.78 is 29.1. The third-order valence-corrected chi connectivity index (χ3v) is 4.03. The van der Waals surface area contributed by atoms with Crippen LogP contribution in [0.15, 0.2) is 42.6 Å². The quantitative estimate of drug-likeness (QED) is 0.911. The Morgan fingerprint density at radius 3 is 2.62 bits per heavy atom. The lowest BCUT2D eigenvalue weighted by molar-refractivity contribution is -0.0498. The van der Waals surface area contributed by atoms with Gasteiger partial charge in [-0.05, 0) is 29.8 Å². The van der Waals surface area contributed by atoms with Crippen LogP contribution in [0.4, 0.5) is 20.3 Å². The molecule has 0 unspecified atom stereocenters. The average molecular weight is 334 g/mol. The lowest BCUT2D eigenvalue weighted by atomic mass is 10.2. The third kappa shape index (κ3) is 4.32. The van der Waals surface area contributed by atoms with Crippen molar-refractivity contribution in [2.45, 2.75) is 13.2 Å². The summed E-state index contributed by atoms with van der Waals surface area (Å²) in [5.74, 6) is 0.721. The molecular formula is C17H20F2N4O. The molecule has 7 heteroatoms. The Kier molecular flexibility index (Phi) is 5.10. The molecule has 1 saturated heterocycles. The first-order valence-corrected chi connectivity index (χ1v) is 7.83. The smallest absolute Gasteiger partial charge is 0.387 e. The van der Waals surface area contributed by atoms with Crippen LogP contribution in [0.25, 0.3) is 0 Å². The van der Waals surface area contributed by atoms with Gasteiger partial charge in [-0.25, -0.2) is 4.98 Å². The van der Waals surface area contributed by atoms with E-state index in [9.17, 15) is 8.78 Å². The number of hydrogen-bond donors (Lipinski definition) is 1. The predicted molar refractivity (Wildman–Crippen MR) is 89.2 cm³/mol. The van der Waals surface area contributed by atoms with Crippen LogP contribution < -0.4 is 15.4 Å². The molecule has 0 bridgehead atoms. The van der Waals surface area contributed by atoms with Gasteiger partial charge in [0.1, 0.15) is 11.6 Å². The van der Waals surface area contributed by atoms with Gasteiger partial charge in [-0.15, -0.1) is 0 Å². The number of piperazine rings is 1. The van der Waals surface area contributed by atoms with Crippen molar-refractivity contribution in [2.24, 2.45) is 0 Å². The van der Waals surface area contributed by atoms with Crippen molar-refractivity contribution < 1.29 is 13.5 Å². The third-order valence-electron chi connectivity index (χ3n) is 4.03. The number of aromatic nitrogens is 1. The molecular weight excluding hydrogens is 314 g/mol. The molecule has 24 heavy (non-hydrogen) atoms. The van der Waals surface area contributed by atoms with E-state index in [2.05, 4.69) is 19.5 Å². The first-order chi connectivity index (χ1) is 11.6. The molecule has 0 aliphatic carbocycles. The Bertz CT molecular complexity index is 675. The van der Waals surface area contributed by atoms with Crippen LogP contribution in [0, 0.1) is 0 Å². The van der Waals surface area contributed by atoms with Crippen LogP contribution >= 0.6 is 0 Å². The largest absolute Gasteiger partial charge is 0.435 e. The normalized spacial score (nSPS) is 15.7. The van der Waals surface area contributed by atoms with E-state index in [4.69, 9.17) is 5.73 Å². The minimum absolute atomic E-state index is 0.192. The highest BCUT2D eigenvalue weighted by Gasteiger charge is 2.18. The standard InChI is InChI=1S/C17H20F2N4O/c18-17(19)24-15-3-1-2-14(11-15)23-8-6-22(7-9-23)12-13-4-5-21-16(20)10-13/h1-5,10-11,17H,6-9,12H2,(H2,20,21). The fraction of sp³-hybridized carbons (Fsp3) is 0.353. The maximum atomic E-state index is 12.3. The molecule has 3 rings (SSSR count). The van der Waals surface area contributed by atoms with E-state index in [0.29, 0.717) is 5.82 Å². The van der Waals surface area contributed by atoms with E-state index in [1.807, 2.05) is 18.2 Å². The van der Waals surface area contributed by atoms with Crippen molar-refractivity contribution in [1.29, 1.82) is 0 Å². The Hall–Kier alpha value is -2.41. The number of halogens is 2. The van der Waals surface area contributed by atoms with Gasteiger partial charge in [-0.1, -0.05) is 6.07 Å². The molecule has 1 aromatic heterocycles. The SMILES string of the molecule is Nc1cc(CN2CCN(c3cccc(OC(F)F)c3)CC2)ccn1. The van der Waals surface area contributed by atoms with Gasteiger partial charge >= 0.3 is 6.61 Å². The number of rotatable bonds is 5. The summed E-state index contributed by atoms with van der Waals surface area (Å²) in [5, 5.41) is 0. The van der Waals surface area contributed by atoms with Crippen molar-refractivity contribution in [1.82, 2.24) is 9.88 Å². The molecule has 5 nitrogen and oxygen atoms in total. The molecule has 1 aliphatic rings. The van der Waals surface area contributed by atoms with Gasteiger partial charge in [-0.3, -0.25) is 4.90 Å². The zero-order chi connectivity index (χ0) is 16.9. The number of ether oxygens (including phenoxy) is 1. The first kappa shape index (κ1) is 16.4. The maximum absolute atomic E-state index is 12.3. The number of nitrogens with zero attached hydrogens (tertiary/aromatic N) is 3. The molecule has 0 saturated carbocycles. The average Bonchev–Trinajstić information content (AvgIpc) is 2.55. The molecule has 0 amide bonds. The van der Waals surface area contributed by atoms with Gasteiger partial charge in [0.15, 0.2) is 0 Å². The Morgan fingerprint density at radius 2 is 1.92 bits per heavy atom. The summed E-state index contributed by atoms with van der Waals surface area (Å²) in [5.41, 5.74) is 7.75. The highest BCUT2D eigenvalue weighted by Crippen LogP contribution is 2.24. The maximum Gasteiger partial charge on any atom is 0.387 e. The van der Waals surface area contributed by atoms with E-state index >= 15 is 0 Å². The zero-order valence-corrected chi connectivity index (χ0v) is 13.2. The van der Waals surface area contributed by atoms with Crippen LogP contribution in [0.3, 0.4) is 0 Å². The second kappa shape index (κ2) is 7.44. The summed E-state index contributed by atoms with van der Waals surface area (Å²) >= 11 is 0. The molecule has 1 aliphatic heterocycles. The highest BCUT2D eigenvalue weighted by molar-refractivity contribution is 5.51. The Morgan fingerprint density at radius 1 is 1.12 bits per heavy atom. The minimum Gasteiger partial charge on any atom is -0.435 e. The summed E-state index contributed by atoms with van der Waals surface area (Å²) in [6, 6.07) is 10.7. The molecule has 1 aromatic carbocycles. The number of nitrogens with two attached hydrogens (primary N) is 1. The van der Waals surface area contributed by atoms with Gasteiger partial charge in [0.25, 0.3) is 0 Å². The molecule has 0 radical (unpaired) electrons.